The number of aliphatic hydroxyl groups is 1. The Bertz CT molecular complexity index is 518. The second-order valence-corrected chi connectivity index (χ2v) is 3.36. The molecule has 1 aromatic rings. The normalized spacial score (nSPS) is 14.3. The van der Waals surface area contributed by atoms with E-state index in [1.54, 1.807) is 12.3 Å². The predicted molar refractivity (Wildman–Crippen MR) is 55.1 cm³/mol. The van der Waals surface area contributed by atoms with E-state index < -0.39 is 0 Å². The minimum Gasteiger partial charge on any atom is -0.504 e. The summed E-state index contributed by atoms with van der Waals surface area (Å²) in [6.07, 6.45) is 1.93. The van der Waals surface area contributed by atoms with Crippen LogP contribution in [0.25, 0.3) is 0 Å². The smallest absolute Gasteiger partial charge is 0.203 e. The van der Waals surface area contributed by atoms with Crippen LogP contribution < -0.4 is 0 Å². The lowest BCUT2D eigenvalue weighted by Crippen LogP contribution is -2.16. The molecule has 1 aliphatic carbocycles. The summed E-state index contributed by atoms with van der Waals surface area (Å²) in [6, 6.07) is 3.64. The van der Waals surface area contributed by atoms with Crippen LogP contribution in [0.15, 0.2) is 29.7 Å². The SMILES string of the molecule is Cc1cc(C#CC2=C(O)C(=O)C2)ccn1. The number of hydrogen-bond acceptors (Lipinski definition) is 3. The second-order valence-electron chi connectivity index (χ2n) is 3.36. The van der Waals surface area contributed by atoms with Crippen LogP contribution >= 0.6 is 0 Å². The number of carbonyl (C=O) groups excluding carboxylic acids is 1. The Balaban J connectivity index is 2.24. The highest BCUT2D eigenvalue weighted by Crippen LogP contribution is 2.20. The Kier molecular flexibility index (Phi) is 2.26. The molecule has 0 radical (unpaired) electrons. The largest absolute Gasteiger partial charge is 0.504 e. The highest BCUT2D eigenvalue weighted by molar-refractivity contribution is 6.03. The summed E-state index contributed by atoms with van der Waals surface area (Å²) < 4.78 is 0. The summed E-state index contributed by atoms with van der Waals surface area (Å²) in [5.74, 6) is 5.23. The fourth-order valence-electron chi connectivity index (χ4n) is 1.26. The number of carbonyl (C=O) groups is 1. The molecule has 1 heterocycles. The zero-order valence-corrected chi connectivity index (χ0v) is 8.24. The van der Waals surface area contributed by atoms with Crippen LogP contribution in [-0.2, 0) is 4.79 Å². The monoisotopic (exact) mass is 199 g/mol. The Morgan fingerprint density at radius 3 is 2.87 bits per heavy atom. The molecule has 0 bridgehead atoms. The summed E-state index contributed by atoms with van der Waals surface area (Å²) in [7, 11) is 0. The molecule has 74 valence electrons. The summed E-state index contributed by atoms with van der Waals surface area (Å²) in [5.41, 5.74) is 2.25. The first kappa shape index (κ1) is 9.47. The Morgan fingerprint density at radius 2 is 2.27 bits per heavy atom. The van der Waals surface area contributed by atoms with Crippen molar-refractivity contribution in [1.29, 1.82) is 0 Å². The number of pyridine rings is 1. The molecular weight excluding hydrogens is 190 g/mol. The Hall–Kier alpha value is -2.08. The molecule has 3 heteroatoms. The van der Waals surface area contributed by atoms with Crippen LogP contribution in [0.2, 0.25) is 0 Å². The first-order valence-electron chi connectivity index (χ1n) is 4.57. The molecule has 0 fully saturated rings. The number of rotatable bonds is 0. The Morgan fingerprint density at radius 1 is 1.47 bits per heavy atom. The summed E-state index contributed by atoms with van der Waals surface area (Å²) >= 11 is 0. The minimum absolute atomic E-state index is 0.187. The molecule has 1 N–H and O–H groups in total. The number of hydrogen-bond donors (Lipinski definition) is 1. The molecule has 0 amide bonds. The molecule has 0 unspecified atom stereocenters. The van der Waals surface area contributed by atoms with Gasteiger partial charge in [-0.1, -0.05) is 11.8 Å². The van der Waals surface area contributed by atoms with Crippen LogP contribution in [0.1, 0.15) is 17.7 Å². The molecule has 0 atom stereocenters. The van der Waals surface area contributed by atoms with Gasteiger partial charge in [0.1, 0.15) is 0 Å². The van der Waals surface area contributed by atoms with Gasteiger partial charge in [0.2, 0.25) is 5.78 Å². The topological polar surface area (TPSA) is 50.2 Å². The van der Waals surface area contributed by atoms with Crippen molar-refractivity contribution in [3.63, 3.8) is 0 Å². The van der Waals surface area contributed by atoms with Gasteiger partial charge in [-0.25, -0.2) is 0 Å². The Labute approximate surface area is 87.5 Å². The fourth-order valence-corrected chi connectivity index (χ4v) is 1.26. The van der Waals surface area contributed by atoms with Crippen LogP contribution in [-0.4, -0.2) is 15.9 Å². The number of ketones is 1. The van der Waals surface area contributed by atoms with Gasteiger partial charge in [-0.15, -0.1) is 0 Å². The molecule has 1 aromatic heterocycles. The van der Waals surface area contributed by atoms with Crippen LogP contribution in [0.4, 0.5) is 0 Å². The van der Waals surface area contributed by atoms with Crippen molar-refractivity contribution in [2.45, 2.75) is 13.3 Å². The third-order valence-corrected chi connectivity index (χ3v) is 2.14. The van der Waals surface area contributed by atoms with Crippen molar-refractivity contribution >= 4 is 5.78 Å². The number of allylic oxidation sites excluding steroid dienone is 2. The van der Waals surface area contributed by atoms with Crippen LogP contribution in [0, 0.1) is 18.8 Å². The van der Waals surface area contributed by atoms with Gasteiger partial charge in [0.05, 0.1) is 12.0 Å². The standard InChI is InChI=1S/C12H9NO2/c1-8-6-9(4-5-13-8)2-3-10-7-11(14)12(10)15/h4-6,15H,7H2,1H3. The third-order valence-electron chi connectivity index (χ3n) is 2.14. The number of aliphatic hydroxyl groups excluding tert-OH is 1. The maximum absolute atomic E-state index is 10.7. The summed E-state index contributed by atoms with van der Waals surface area (Å²) in [6.45, 7) is 1.88. The second kappa shape index (κ2) is 3.58. The minimum atomic E-state index is -0.231. The van der Waals surface area contributed by atoms with Crippen molar-refractivity contribution in [2.24, 2.45) is 0 Å². The highest BCUT2D eigenvalue weighted by atomic mass is 16.3. The van der Waals surface area contributed by atoms with Crippen molar-refractivity contribution in [1.82, 2.24) is 4.98 Å². The van der Waals surface area contributed by atoms with Gasteiger partial charge in [0, 0.05) is 17.5 Å². The highest BCUT2D eigenvalue weighted by Gasteiger charge is 2.24. The molecule has 3 nitrogen and oxygen atoms in total. The van der Waals surface area contributed by atoms with Gasteiger partial charge in [-0.05, 0) is 19.1 Å². The first-order valence-corrected chi connectivity index (χ1v) is 4.57. The zero-order valence-electron chi connectivity index (χ0n) is 8.24. The lowest BCUT2D eigenvalue weighted by molar-refractivity contribution is -0.119. The number of Topliss-reactive ketones (excluding diaryl/α,β-unsaturated/α-hetero) is 1. The van der Waals surface area contributed by atoms with Gasteiger partial charge in [-0.2, -0.15) is 0 Å². The molecular formula is C12H9NO2. The van der Waals surface area contributed by atoms with E-state index in [2.05, 4.69) is 16.8 Å². The third kappa shape index (κ3) is 1.89. The lowest BCUT2D eigenvalue weighted by atomic mass is 9.95. The number of aromatic nitrogens is 1. The van der Waals surface area contributed by atoms with Gasteiger partial charge in [0.25, 0.3) is 0 Å². The molecule has 0 aliphatic heterocycles. The van der Waals surface area contributed by atoms with Gasteiger partial charge >= 0.3 is 0 Å². The van der Waals surface area contributed by atoms with E-state index in [1.807, 2.05) is 13.0 Å². The van der Waals surface area contributed by atoms with Gasteiger partial charge < -0.3 is 5.11 Å². The maximum atomic E-state index is 10.7. The van der Waals surface area contributed by atoms with E-state index in [0.717, 1.165) is 11.3 Å². The van der Waals surface area contributed by atoms with E-state index in [1.165, 1.54) is 0 Å². The van der Waals surface area contributed by atoms with Gasteiger partial charge in [0.15, 0.2) is 5.76 Å². The number of aryl methyl sites for hydroxylation is 1. The average Bonchev–Trinajstić information content (AvgIpc) is 2.23. The average molecular weight is 199 g/mol. The van der Waals surface area contributed by atoms with Gasteiger partial charge in [-0.3, -0.25) is 9.78 Å². The number of nitrogens with zero attached hydrogens (tertiary/aromatic N) is 1. The summed E-state index contributed by atoms with van der Waals surface area (Å²) in [4.78, 5) is 14.8. The van der Waals surface area contributed by atoms with Crippen LogP contribution in [0.5, 0.6) is 0 Å². The van der Waals surface area contributed by atoms with Crippen molar-refractivity contribution < 1.29 is 9.90 Å². The quantitative estimate of drug-likeness (QED) is 0.644. The van der Waals surface area contributed by atoms with E-state index in [-0.39, 0.29) is 18.0 Å². The van der Waals surface area contributed by atoms with E-state index >= 15 is 0 Å². The lowest BCUT2D eigenvalue weighted by Gasteiger charge is -2.10. The first-order chi connectivity index (χ1) is 7.16. The molecule has 0 saturated carbocycles. The van der Waals surface area contributed by atoms with Crippen molar-refractivity contribution in [2.75, 3.05) is 0 Å². The molecule has 0 spiro atoms. The zero-order chi connectivity index (χ0) is 10.8. The van der Waals surface area contributed by atoms with E-state index in [0.29, 0.717) is 5.57 Å². The maximum Gasteiger partial charge on any atom is 0.203 e. The molecule has 1 aliphatic rings. The summed E-state index contributed by atoms with van der Waals surface area (Å²) in [5, 5.41) is 9.12. The molecule has 2 rings (SSSR count). The van der Waals surface area contributed by atoms with Crippen LogP contribution in [0.3, 0.4) is 0 Å². The molecule has 0 aromatic carbocycles. The van der Waals surface area contributed by atoms with Crippen molar-refractivity contribution in [3.8, 4) is 11.8 Å². The predicted octanol–water partition coefficient (Wildman–Crippen LogP) is 1.53. The fraction of sp³-hybridized carbons (Fsp3) is 0.167. The molecule has 0 saturated heterocycles. The van der Waals surface area contributed by atoms with E-state index in [9.17, 15) is 4.79 Å². The molecule has 15 heavy (non-hydrogen) atoms. The van der Waals surface area contributed by atoms with Crippen molar-refractivity contribution in [3.05, 3.63) is 40.9 Å². The van der Waals surface area contributed by atoms with E-state index in [4.69, 9.17) is 5.11 Å².